The van der Waals surface area contributed by atoms with Crippen molar-refractivity contribution >= 4 is 40.1 Å². The van der Waals surface area contributed by atoms with Gasteiger partial charge in [-0.3, -0.25) is 9.59 Å². The van der Waals surface area contributed by atoms with Gasteiger partial charge in [-0.25, -0.2) is 0 Å². The molecule has 0 bridgehead atoms. The van der Waals surface area contributed by atoms with Gasteiger partial charge in [0.05, 0.1) is 11.8 Å². The van der Waals surface area contributed by atoms with Crippen molar-refractivity contribution in [2.45, 2.75) is 13.5 Å². The largest absolute Gasteiger partial charge is 0.459 e. The van der Waals surface area contributed by atoms with Crippen LogP contribution >= 0.6 is 22.6 Å². The first kappa shape index (κ1) is 18.2. The molecule has 6 heteroatoms. The number of anilines is 1. The summed E-state index contributed by atoms with van der Waals surface area (Å²) in [6.07, 6.45) is 1.45. The number of carbonyl (C=O) groups is 2. The SMILES string of the molecule is Cc1cccc(C(=O)NCc2ccc(NC(=O)c3ccco3)cc2)c1I. The van der Waals surface area contributed by atoms with Crippen LogP contribution in [0, 0.1) is 10.5 Å². The first-order chi connectivity index (χ1) is 12.5. The van der Waals surface area contributed by atoms with Gasteiger partial charge < -0.3 is 15.1 Å². The van der Waals surface area contributed by atoms with Gasteiger partial charge in [-0.1, -0.05) is 24.3 Å². The number of rotatable bonds is 5. The summed E-state index contributed by atoms with van der Waals surface area (Å²) < 4.78 is 6.01. The van der Waals surface area contributed by atoms with Crippen molar-refractivity contribution in [2.75, 3.05) is 5.32 Å². The molecule has 0 radical (unpaired) electrons. The lowest BCUT2D eigenvalue weighted by atomic mass is 10.1. The van der Waals surface area contributed by atoms with E-state index >= 15 is 0 Å². The summed E-state index contributed by atoms with van der Waals surface area (Å²) in [6.45, 7) is 2.39. The van der Waals surface area contributed by atoms with Crippen LogP contribution in [0.5, 0.6) is 0 Å². The van der Waals surface area contributed by atoms with Crippen molar-refractivity contribution in [1.82, 2.24) is 5.32 Å². The molecule has 0 fully saturated rings. The van der Waals surface area contributed by atoms with Crippen LogP contribution in [-0.4, -0.2) is 11.8 Å². The van der Waals surface area contributed by atoms with Crippen molar-refractivity contribution in [3.63, 3.8) is 0 Å². The highest BCUT2D eigenvalue weighted by Crippen LogP contribution is 2.17. The molecule has 2 N–H and O–H groups in total. The lowest BCUT2D eigenvalue weighted by Crippen LogP contribution is -2.23. The van der Waals surface area contributed by atoms with Crippen LogP contribution in [0.4, 0.5) is 5.69 Å². The predicted molar refractivity (Wildman–Crippen MR) is 108 cm³/mol. The van der Waals surface area contributed by atoms with Gasteiger partial charge in [0.2, 0.25) is 0 Å². The zero-order valence-corrected chi connectivity index (χ0v) is 16.2. The van der Waals surface area contributed by atoms with E-state index in [0.717, 1.165) is 14.7 Å². The van der Waals surface area contributed by atoms with Crippen LogP contribution in [0.2, 0.25) is 0 Å². The fourth-order valence-corrected chi connectivity index (χ4v) is 3.01. The van der Waals surface area contributed by atoms with Crippen molar-refractivity contribution in [3.05, 3.63) is 86.9 Å². The van der Waals surface area contributed by atoms with E-state index in [1.165, 1.54) is 6.26 Å². The summed E-state index contributed by atoms with van der Waals surface area (Å²) in [6, 6.07) is 16.2. The topological polar surface area (TPSA) is 71.3 Å². The molecule has 2 aromatic carbocycles. The minimum Gasteiger partial charge on any atom is -0.459 e. The number of amides is 2. The predicted octanol–water partition coefficient (Wildman–Crippen LogP) is 4.37. The Kier molecular flexibility index (Phi) is 5.72. The van der Waals surface area contributed by atoms with Gasteiger partial charge in [0.1, 0.15) is 0 Å². The Morgan fingerprint density at radius 2 is 1.77 bits per heavy atom. The third-order valence-corrected chi connectivity index (χ3v) is 5.28. The maximum atomic E-state index is 12.4. The second-order valence-corrected chi connectivity index (χ2v) is 6.83. The Balaban J connectivity index is 1.58. The van der Waals surface area contributed by atoms with Gasteiger partial charge in [-0.05, 0) is 71.0 Å². The van der Waals surface area contributed by atoms with Crippen LogP contribution < -0.4 is 10.6 Å². The molecule has 132 valence electrons. The Morgan fingerprint density at radius 1 is 1.00 bits per heavy atom. The summed E-state index contributed by atoms with van der Waals surface area (Å²) in [7, 11) is 0. The van der Waals surface area contributed by atoms with Crippen molar-refractivity contribution in [2.24, 2.45) is 0 Å². The molecule has 3 aromatic rings. The van der Waals surface area contributed by atoms with E-state index in [9.17, 15) is 9.59 Å². The first-order valence-electron chi connectivity index (χ1n) is 8.01. The van der Waals surface area contributed by atoms with Crippen LogP contribution in [0.25, 0.3) is 0 Å². The quantitative estimate of drug-likeness (QED) is 0.556. The minimum absolute atomic E-state index is 0.103. The van der Waals surface area contributed by atoms with E-state index in [1.807, 2.05) is 37.3 Å². The monoisotopic (exact) mass is 460 g/mol. The minimum atomic E-state index is -0.301. The summed E-state index contributed by atoms with van der Waals surface area (Å²) in [4.78, 5) is 24.3. The Labute approximate surface area is 164 Å². The van der Waals surface area contributed by atoms with Gasteiger partial charge in [0.15, 0.2) is 5.76 Å². The average Bonchev–Trinajstić information content (AvgIpc) is 3.18. The van der Waals surface area contributed by atoms with Crippen LogP contribution in [-0.2, 0) is 6.54 Å². The third-order valence-electron chi connectivity index (χ3n) is 3.85. The molecule has 2 amide bonds. The fourth-order valence-electron chi connectivity index (χ4n) is 2.41. The molecule has 0 saturated carbocycles. The average molecular weight is 460 g/mol. The molecule has 26 heavy (non-hydrogen) atoms. The Hall–Kier alpha value is -2.61. The molecule has 0 unspecified atom stereocenters. The number of furan rings is 1. The summed E-state index contributed by atoms with van der Waals surface area (Å²) in [5, 5.41) is 5.67. The smallest absolute Gasteiger partial charge is 0.291 e. The van der Waals surface area contributed by atoms with E-state index < -0.39 is 0 Å². The summed E-state index contributed by atoms with van der Waals surface area (Å²) in [5.41, 5.74) is 3.36. The summed E-state index contributed by atoms with van der Waals surface area (Å²) >= 11 is 2.19. The lowest BCUT2D eigenvalue weighted by Gasteiger charge is -2.09. The number of carbonyl (C=O) groups excluding carboxylic acids is 2. The molecule has 0 saturated heterocycles. The van der Waals surface area contributed by atoms with Gasteiger partial charge in [0, 0.05) is 15.8 Å². The lowest BCUT2D eigenvalue weighted by molar-refractivity contribution is 0.0949. The molecular weight excluding hydrogens is 443 g/mol. The van der Waals surface area contributed by atoms with E-state index in [-0.39, 0.29) is 17.6 Å². The highest BCUT2D eigenvalue weighted by Gasteiger charge is 2.11. The van der Waals surface area contributed by atoms with E-state index in [1.54, 1.807) is 24.3 Å². The molecule has 0 aliphatic heterocycles. The molecule has 5 nitrogen and oxygen atoms in total. The molecule has 0 spiro atoms. The number of halogens is 1. The van der Waals surface area contributed by atoms with Gasteiger partial charge in [-0.2, -0.15) is 0 Å². The molecule has 0 aliphatic carbocycles. The van der Waals surface area contributed by atoms with E-state index in [2.05, 4.69) is 33.2 Å². The van der Waals surface area contributed by atoms with E-state index in [0.29, 0.717) is 17.8 Å². The Bertz CT molecular complexity index is 919. The highest BCUT2D eigenvalue weighted by atomic mass is 127. The zero-order valence-electron chi connectivity index (χ0n) is 14.1. The normalized spacial score (nSPS) is 10.4. The molecule has 0 aliphatic rings. The van der Waals surface area contributed by atoms with Crippen molar-refractivity contribution < 1.29 is 14.0 Å². The first-order valence-corrected chi connectivity index (χ1v) is 9.09. The van der Waals surface area contributed by atoms with E-state index in [4.69, 9.17) is 4.42 Å². The maximum Gasteiger partial charge on any atom is 0.291 e. The molecule has 0 atom stereocenters. The van der Waals surface area contributed by atoms with Crippen LogP contribution in [0.3, 0.4) is 0 Å². The maximum absolute atomic E-state index is 12.4. The summed E-state index contributed by atoms with van der Waals surface area (Å²) in [5.74, 6) is -0.146. The number of nitrogens with one attached hydrogen (secondary N) is 2. The van der Waals surface area contributed by atoms with Gasteiger partial charge in [-0.15, -0.1) is 0 Å². The zero-order chi connectivity index (χ0) is 18.5. The van der Waals surface area contributed by atoms with Crippen molar-refractivity contribution in [3.8, 4) is 0 Å². The second kappa shape index (κ2) is 8.18. The fraction of sp³-hybridized carbons (Fsp3) is 0.100. The molecule has 1 heterocycles. The van der Waals surface area contributed by atoms with Crippen molar-refractivity contribution in [1.29, 1.82) is 0 Å². The molecule has 3 rings (SSSR count). The second-order valence-electron chi connectivity index (χ2n) is 5.75. The highest BCUT2D eigenvalue weighted by molar-refractivity contribution is 14.1. The number of hydrogen-bond acceptors (Lipinski definition) is 3. The standard InChI is InChI=1S/C20H17IN2O3/c1-13-4-2-5-16(18(13)21)19(24)22-12-14-7-9-15(10-8-14)23-20(25)17-6-3-11-26-17/h2-11H,12H2,1H3,(H,22,24)(H,23,25). The molecular formula is C20H17IN2O3. The third kappa shape index (κ3) is 4.32. The molecule has 1 aromatic heterocycles. The van der Waals surface area contributed by atoms with Gasteiger partial charge in [0.25, 0.3) is 11.8 Å². The number of hydrogen-bond donors (Lipinski definition) is 2. The number of aryl methyl sites for hydroxylation is 1. The van der Waals surface area contributed by atoms with Crippen LogP contribution in [0.15, 0.2) is 65.3 Å². The number of benzene rings is 2. The van der Waals surface area contributed by atoms with Gasteiger partial charge >= 0.3 is 0 Å². The van der Waals surface area contributed by atoms with Crippen LogP contribution in [0.1, 0.15) is 32.0 Å². The Morgan fingerprint density at radius 3 is 2.46 bits per heavy atom.